The highest BCUT2D eigenvalue weighted by Crippen LogP contribution is 2.28. The smallest absolute Gasteiger partial charge is 0.344 e. The first-order valence-electron chi connectivity index (χ1n) is 5.89. The molecule has 1 aliphatic rings. The Hall–Kier alpha value is -2.29. The third kappa shape index (κ3) is 3.18. The average Bonchev–Trinajstić information content (AvgIpc) is 2.32. The fraction of sp³-hybridized carbons (Fsp3) is 0.273. The molecule has 2 rings (SSSR count). The van der Waals surface area contributed by atoms with Crippen molar-refractivity contribution in [2.75, 3.05) is 23.1 Å². The number of hydrogen-bond acceptors (Lipinski definition) is 5. The summed E-state index contributed by atoms with van der Waals surface area (Å²) >= 11 is 0. The molecule has 0 saturated heterocycles. The molecular weight excluding hydrogens is 282 g/mol. The van der Waals surface area contributed by atoms with Crippen LogP contribution in [0.5, 0.6) is 0 Å². The number of anilines is 2. The van der Waals surface area contributed by atoms with Crippen molar-refractivity contribution < 1.29 is 13.2 Å². The van der Waals surface area contributed by atoms with E-state index in [4.69, 9.17) is 5.73 Å². The van der Waals surface area contributed by atoms with Gasteiger partial charge in [0.25, 0.3) is 0 Å². The molecule has 0 bridgehead atoms. The Balaban J connectivity index is 2.19. The van der Waals surface area contributed by atoms with E-state index < -0.39 is 10.2 Å². The first-order valence-corrected chi connectivity index (χ1v) is 7.33. The number of hydrogen-bond donors (Lipinski definition) is 4. The van der Waals surface area contributed by atoms with Crippen molar-refractivity contribution >= 4 is 33.3 Å². The average molecular weight is 297 g/mol. The Bertz CT molecular complexity index is 669. The quantitative estimate of drug-likeness (QED) is 0.563. The summed E-state index contributed by atoms with van der Waals surface area (Å²) in [5.41, 5.74) is 7.23. The standard InChI is InChI=1S/C11H15N5O3S/c1-7(17)13-5-6-14-8-3-2-4-9-10(8)11(12)16-20(18,19)15-9/h2-4,14-15H,5-6H2,1H3,(H2,12,16)(H,13,17). The lowest BCUT2D eigenvalue weighted by molar-refractivity contribution is -0.118. The van der Waals surface area contributed by atoms with Crippen LogP contribution in [0, 0.1) is 0 Å². The number of amides is 1. The van der Waals surface area contributed by atoms with Gasteiger partial charge < -0.3 is 16.4 Å². The van der Waals surface area contributed by atoms with E-state index in [1.165, 1.54) is 6.92 Å². The third-order valence-corrected chi connectivity index (χ3v) is 3.51. The van der Waals surface area contributed by atoms with Crippen LogP contribution in [0.4, 0.5) is 11.4 Å². The van der Waals surface area contributed by atoms with Crippen molar-refractivity contribution in [3.8, 4) is 0 Å². The van der Waals surface area contributed by atoms with Crippen LogP contribution in [0.2, 0.25) is 0 Å². The van der Waals surface area contributed by atoms with E-state index in [0.717, 1.165) is 0 Å². The van der Waals surface area contributed by atoms with Gasteiger partial charge >= 0.3 is 10.2 Å². The number of fused-ring (bicyclic) bond motifs is 1. The van der Waals surface area contributed by atoms with E-state index in [2.05, 4.69) is 19.8 Å². The van der Waals surface area contributed by atoms with Gasteiger partial charge in [-0.15, -0.1) is 4.40 Å². The first kappa shape index (κ1) is 14.1. The molecule has 9 heteroatoms. The van der Waals surface area contributed by atoms with Crippen molar-refractivity contribution in [3.63, 3.8) is 0 Å². The molecule has 1 aromatic carbocycles. The van der Waals surface area contributed by atoms with E-state index >= 15 is 0 Å². The van der Waals surface area contributed by atoms with Crippen LogP contribution in [0.3, 0.4) is 0 Å². The first-order chi connectivity index (χ1) is 9.39. The van der Waals surface area contributed by atoms with Crippen LogP contribution in [-0.2, 0) is 15.0 Å². The van der Waals surface area contributed by atoms with Crippen molar-refractivity contribution in [1.82, 2.24) is 5.32 Å². The summed E-state index contributed by atoms with van der Waals surface area (Å²) in [6, 6.07) is 5.06. The van der Waals surface area contributed by atoms with Crippen molar-refractivity contribution in [2.24, 2.45) is 10.1 Å². The minimum absolute atomic E-state index is 0.0682. The molecule has 0 saturated carbocycles. The normalized spacial score (nSPS) is 15.6. The monoisotopic (exact) mass is 297 g/mol. The zero-order chi connectivity index (χ0) is 14.8. The second kappa shape index (κ2) is 5.37. The Labute approximate surface area is 116 Å². The zero-order valence-electron chi connectivity index (χ0n) is 10.8. The van der Waals surface area contributed by atoms with Gasteiger partial charge in [0, 0.05) is 25.7 Å². The van der Waals surface area contributed by atoms with E-state index in [1.807, 2.05) is 0 Å². The molecular formula is C11H15N5O3S. The summed E-state index contributed by atoms with van der Waals surface area (Å²) in [5.74, 6) is -0.183. The topological polar surface area (TPSA) is 126 Å². The predicted molar refractivity (Wildman–Crippen MR) is 76.9 cm³/mol. The Kier molecular flexibility index (Phi) is 3.79. The van der Waals surface area contributed by atoms with E-state index in [-0.39, 0.29) is 11.7 Å². The molecule has 0 atom stereocenters. The minimum atomic E-state index is -3.77. The van der Waals surface area contributed by atoms with Crippen LogP contribution in [0.25, 0.3) is 0 Å². The van der Waals surface area contributed by atoms with Crippen LogP contribution in [-0.4, -0.2) is 33.3 Å². The van der Waals surface area contributed by atoms with Gasteiger partial charge in [-0.05, 0) is 12.1 Å². The second-order valence-corrected chi connectivity index (χ2v) is 5.53. The molecule has 20 heavy (non-hydrogen) atoms. The van der Waals surface area contributed by atoms with Gasteiger partial charge in [-0.3, -0.25) is 9.52 Å². The molecule has 1 aromatic rings. The molecule has 5 N–H and O–H groups in total. The molecule has 1 amide bonds. The highest BCUT2D eigenvalue weighted by Gasteiger charge is 2.23. The largest absolute Gasteiger partial charge is 0.383 e. The van der Waals surface area contributed by atoms with Gasteiger partial charge in [0.05, 0.1) is 11.3 Å². The summed E-state index contributed by atoms with van der Waals surface area (Å²) in [4.78, 5) is 10.8. The highest BCUT2D eigenvalue weighted by atomic mass is 32.2. The van der Waals surface area contributed by atoms with Crippen LogP contribution in [0.1, 0.15) is 12.5 Å². The summed E-state index contributed by atoms with van der Waals surface area (Å²) in [5, 5.41) is 5.72. The van der Waals surface area contributed by atoms with Crippen molar-refractivity contribution in [3.05, 3.63) is 23.8 Å². The molecule has 0 fully saturated rings. The predicted octanol–water partition coefficient (Wildman–Crippen LogP) is -0.390. The van der Waals surface area contributed by atoms with Crippen LogP contribution < -0.4 is 21.1 Å². The molecule has 108 valence electrons. The van der Waals surface area contributed by atoms with E-state index in [0.29, 0.717) is 30.0 Å². The van der Waals surface area contributed by atoms with Crippen LogP contribution >= 0.6 is 0 Å². The maximum Gasteiger partial charge on any atom is 0.344 e. The lowest BCUT2D eigenvalue weighted by Crippen LogP contribution is -2.29. The molecule has 0 aromatic heterocycles. The van der Waals surface area contributed by atoms with Crippen molar-refractivity contribution in [2.45, 2.75) is 6.92 Å². The fourth-order valence-corrected chi connectivity index (χ4v) is 2.68. The number of nitrogens with two attached hydrogens (primary N) is 1. The van der Waals surface area contributed by atoms with E-state index in [1.54, 1.807) is 18.2 Å². The van der Waals surface area contributed by atoms with Crippen LogP contribution in [0.15, 0.2) is 22.6 Å². The Morgan fingerprint density at radius 3 is 2.85 bits per heavy atom. The SMILES string of the molecule is CC(=O)NCCNc1cccc2c1C(N)=NS(=O)(=O)N2. The number of carbonyl (C=O) groups excluding carboxylic acids is 1. The van der Waals surface area contributed by atoms with E-state index in [9.17, 15) is 13.2 Å². The highest BCUT2D eigenvalue weighted by molar-refractivity contribution is 7.91. The number of nitrogens with one attached hydrogen (secondary N) is 3. The molecule has 1 heterocycles. The number of nitrogens with zero attached hydrogens (tertiary/aromatic N) is 1. The fourth-order valence-electron chi connectivity index (χ4n) is 1.83. The summed E-state index contributed by atoms with van der Waals surface area (Å²) < 4.78 is 28.6. The molecule has 0 aliphatic carbocycles. The molecule has 8 nitrogen and oxygen atoms in total. The second-order valence-electron chi connectivity index (χ2n) is 4.19. The molecule has 0 radical (unpaired) electrons. The Morgan fingerprint density at radius 2 is 2.15 bits per heavy atom. The van der Waals surface area contributed by atoms with Gasteiger partial charge in [-0.25, -0.2) is 0 Å². The number of amidine groups is 1. The summed E-state index contributed by atoms with van der Waals surface area (Å²) in [7, 11) is -3.77. The van der Waals surface area contributed by atoms with Gasteiger partial charge in [-0.2, -0.15) is 8.42 Å². The summed E-state index contributed by atoms with van der Waals surface area (Å²) in [6.07, 6.45) is 0. The number of rotatable bonds is 4. The van der Waals surface area contributed by atoms with Gasteiger partial charge in [0.2, 0.25) is 5.91 Å². The van der Waals surface area contributed by atoms with Gasteiger partial charge in [-0.1, -0.05) is 6.07 Å². The van der Waals surface area contributed by atoms with Gasteiger partial charge in [0.1, 0.15) is 5.84 Å². The summed E-state index contributed by atoms with van der Waals surface area (Å²) in [6.45, 7) is 2.36. The molecule has 0 spiro atoms. The lowest BCUT2D eigenvalue weighted by atomic mass is 10.1. The molecule has 0 unspecified atom stereocenters. The maximum absolute atomic E-state index is 11.4. The number of carbonyl (C=O) groups is 1. The Morgan fingerprint density at radius 1 is 1.40 bits per heavy atom. The lowest BCUT2D eigenvalue weighted by Gasteiger charge is -2.19. The minimum Gasteiger partial charge on any atom is -0.383 e. The third-order valence-electron chi connectivity index (χ3n) is 2.59. The zero-order valence-corrected chi connectivity index (χ0v) is 11.6. The number of benzene rings is 1. The van der Waals surface area contributed by atoms with Crippen molar-refractivity contribution in [1.29, 1.82) is 0 Å². The van der Waals surface area contributed by atoms with Gasteiger partial charge in [0.15, 0.2) is 0 Å². The maximum atomic E-state index is 11.4. The molecule has 1 aliphatic heterocycles.